The zero-order valence-electron chi connectivity index (χ0n) is 10.9. The van der Waals surface area contributed by atoms with Gasteiger partial charge in [0.25, 0.3) is 5.69 Å². The van der Waals surface area contributed by atoms with Crippen LogP contribution in [0.4, 0.5) is 11.4 Å². The molecule has 19 heavy (non-hydrogen) atoms. The van der Waals surface area contributed by atoms with Crippen molar-refractivity contribution in [3.8, 4) is 0 Å². The molecule has 6 nitrogen and oxygen atoms in total. The van der Waals surface area contributed by atoms with Crippen LogP contribution in [0.15, 0.2) is 18.2 Å². The molecule has 0 spiro atoms. The van der Waals surface area contributed by atoms with Crippen molar-refractivity contribution in [1.29, 1.82) is 0 Å². The molecule has 6 heteroatoms. The number of rotatable bonds is 6. The summed E-state index contributed by atoms with van der Waals surface area (Å²) in [6.45, 7) is 4.43. The highest BCUT2D eigenvalue weighted by Crippen LogP contribution is 2.24. The van der Waals surface area contributed by atoms with Gasteiger partial charge in [-0.1, -0.05) is 0 Å². The van der Waals surface area contributed by atoms with E-state index in [0.29, 0.717) is 13.2 Å². The average Bonchev–Trinajstić information content (AvgIpc) is 2.90. The highest BCUT2D eigenvalue weighted by Gasteiger charge is 2.17. The smallest absolute Gasteiger partial charge is 0.269 e. The summed E-state index contributed by atoms with van der Waals surface area (Å²) in [7, 11) is 0. The molecule has 1 unspecified atom stereocenters. The van der Waals surface area contributed by atoms with Gasteiger partial charge in [-0.2, -0.15) is 0 Å². The fourth-order valence-electron chi connectivity index (χ4n) is 2.03. The van der Waals surface area contributed by atoms with Gasteiger partial charge in [-0.05, 0) is 19.4 Å². The van der Waals surface area contributed by atoms with Crippen LogP contribution in [0.1, 0.15) is 18.9 Å². The lowest BCUT2D eigenvalue weighted by Gasteiger charge is -2.13. The summed E-state index contributed by atoms with van der Waals surface area (Å²) < 4.78 is 11.0. The van der Waals surface area contributed by atoms with Crippen LogP contribution in [0.5, 0.6) is 0 Å². The van der Waals surface area contributed by atoms with Gasteiger partial charge in [0, 0.05) is 36.5 Å². The van der Waals surface area contributed by atoms with Crippen molar-refractivity contribution < 1.29 is 14.4 Å². The molecule has 1 aromatic carbocycles. The van der Waals surface area contributed by atoms with Crippen molar-refractivity contribution in [2.45, 2.75) is 26.1 Å². The predicted molar refractivity (Wildman–Crippen MR) is 71.3 cm³/mol. The Labute approximate surface area is 111 Å². The number of nitrogens with zero attached hydrogens (tertiary/aromatic N) is 1. The van der Waals surface area contributed by atoms with Gasteiger partial charge in [0.15, 0.2) is 0 Å². The topological polar surface area (TPSA) is 73.6 Å². The van der Waals surface area contributed by atoms with E-state index in [1.807, 2.05) is 6.92 Å². The van der Waals surface area contributed by atoms with Gasteiger partial charge in [0.1, 0.15) is 0 Å². The molecule has 1 atom stereocenters. The predicted octanol–water partition coefficient (Wildman–Crippen LogP) is 2.33. The zero-order valence-corrected chi connectivity index (χ0v) is 10.9. The molecule has 1 fully saturated rings. The lowest BCUT2D eigenvalue weighted by atomic mass is 10.1. The Morgan fingerprint density at radius 2 is 2.42 bits per heavy atom. The Morgan fingerprint density at radius 3 is 3.05 bits per heavy atom. The third-order valence-electron chi connectivity index (χ3n) is 3.03. The molecule has 0 saturated carbocycles. The van der Waals surface area contributed by atoms with E-state index in [9.17, 15) is 10.1 Å². The molecule has 1 aliphatic heterocycles. The van der Waals surface area contributed by atoms with Crippen LogP contribution in [0.2, 0.25) is 0 Å². The molecular formula is C13H18N2O4. The summed E-state index contributed by atoms with van der Waals surface area (Å²) in [4.78, 5) is 10.4. The van der Waals surface area contributed by atoms with Gasteiger partial charge in [-0.3, -0.25) is 10.1 Å². The number of nitrogens with one attached hydrogen (secondary N) is 1. The van der Waals surface area contributed by atoms with Gasteiger partial charge < -0.3 is 14.8 Å². The molecule has 1 heterocycles. The van der Waals surface area contributed by atoms with Gasteiger partial charge in [0.05, 0.1) is 24.2 Å². The lowest BCUT2D eigenvalue weighted by molar-refractivity contribution is -0.384. The molecule has 0 radical (unpaired) electrons. The Hall–Kier alpha value is -1.66. The SMILES string of the molecule is CCNc1ccc([N+](=O)[O-])cc1COC1CCOC1. The largest absolute Gasteiger partial charge is 0.385 e. The maximum atomic E-state index is 10.8. The maximum absolute atomic E-state index is 10.8. The van der Waals surface area contributed by atoms with E-state index < -0.39 is 4.92 Å². The molecule has 1 aromatic rings. The second-order valence-electron chi connectivity index (χ2n) is 4.43. The summed E-state index contributed by atoms with van der Waals surface area (Å²) in [5.74, 6) is 0. The number of hydrogen-bond donors (Lipinski definition) is 1. The summed E-state index contributed by atoms with van der Waals surface area (Å²) >= 11 is 0. The summed E-state index contributed by atoms with van der Waals surface area (Å²) in [6.07, 6.45) is 0.972. The minimum atomic E-state index is -0.391. The minimum Gasteiger partial charge on any atom is -0.385 e. The van der Waals surface area contributed by atoms with Crippen LogP contribution >= 0.6 is 0 Å². The Balaban J connectivity index is 2.09. The van der Waals surface area contributed by atoms with Crippen molar-refractivity contribution in [3.63, 3.8) is 0 Å². The molecule has 2 rings (SSSR count). The van der Waals surface area contributed by atoms with Crippen molar-refractivity contribution in [1.82, 2.24) is 0 Å². The van der Waals surface area contributed by atoms with Gasteiger partial charge in [0.2, 0.25) is 0 Å². The molecule has 1 N–H and O–H groups in total. The molecule has 1 aliphatic rings. The van der Waals surface area contributed by atoms with Gasteiger partial charge in [-0.25, -0.2) is 0 Å². The maximum Gasteiger partial charge on any atom is 0.269 e. The summed E-state index contributed by atoms with van der Waals surface area (Å²) in [5, 5.41) is 14.0. The number of ether oxygens (including phenoxy) is 2. The first-order valence-electron chi connectivity index (χ1n) is 6.41. The van der Waals surface area contributed by atoms with Crippen LogP contribution < -0.4 is 5.32 Å². The molecule has 104 valence electrons. The number of nitro groups is 1. The van der Waals surface area contributed by atoms with Gasteiger partial charge >= 0.3 is 0 Å². The highest BCUT2D eigenvalue weighted by molar-refractivity contribution is 5.55. The second-order valence-corrected chi connectivity index (χ2v) is 4.43. The van der Waals surface area contributed by atoms with Crippen molar-refractivity contribution in [3.05, 3.63) is 33.9 Å². The standard InChI is InChI=1S/C13H18N2O4/c1-2-14-13-4-3-11(15(16)17)7-10(13)8-19-12-5-6-18-9-12/h3-4,7,12,14H,2,5-6,8-9H2,1H3. The number of benzene rings is 1. The van der Waals surface area contributed by atoms with E-state index in [2.05, 4.69) is 5.32 Å². The van der Waals surface area contributed by atoms with E-state index in [4.69, 9.17) is 9.47 Å². The first-order valence-corrected chi connectivity index (χ1v) is 6.41. The van der Waals surface area contributed by atoms with E-state index in [0.717, 1.165) is 30.8 Å². The fraction of sp³-hybridized carbons (Fsp3) is 0.538. The molecule has 0 aliphatic carbocycles. The Bertz CT molecular complexity index is 444. The van der Waals surface area contributed by atoms with Crippen LogP contribution in [-0.4, -0.2) is 30.8 Å². The Kier molecular flexibility index (Phi) is 4.70. The van der Waals surface area contributed by atoms with Crippen molar-refractivity contribution in [2.24, 2.45) is 0 Å². The average molecular weight is 266 g/mol. The minimum absolute atomic E-state index is 0.0860. The van der Waals surface area contributed by atoms with E-state index in [1.165, 1.54) is 6.07 Å². The lowest BCUT2D eigenvalue weighted by Crippen LogP contribution is -2.13. The van der Waals surface area contributed by atoms with Crippen molar-refractivity contribution in [2.75, 3.05) is 25.1 Å². The molecule has 0 bridgehead atoms. The van der Waals surface area contributed by atoms with Crippen LogP contribution in [-0.2, 0) is 16.1 Å². The second kappa shape index (κ2) is 6.49. The van der Waals surface area contributed by atoms with E-state index >= 15 is 0 Å². The zero-order chi connectivity index (χ0) is 13.7. The number of anilines is 1. The van der Waals surface area contributed by atoms with Gasteiger partial charge in [-0.15, -0.1) is 0 Å². The quantitative estimate of drug-likeness (QED) is 0.632. The molecule has 1 saturated heterocycles. The monoisotopic (exact) mass is 266 g/mol. The van der Waals surface area contributed by atoms with Crippen molar-refractivity contribution >= 4 is 11.4 Å². The molecular weight excluding hydrogens is 248 g/mol. The third-order valence-corrected chi connectivity index (χ3v) is 3.03. The van der Waals surface area contributed by atoms with Crippen LogP contribution in [0.3, 0.4) is 0 Å². The number of nitro benzene ring substituents is 1. The summed E-state index contributed by atoms with van der Waals surface area (Å²) in [5.41, 5.74) is 1.78. The van der Waals surface area contributed by atoms with E-state index in [-0.39, 0.29) is 11.8 Å². The normalized spacial score (nSPS) is 18.5. The van der Waals surface area contributed by atoms with E-state index in [1.54, 1.807) is 12.1 Å². The van der Waals surface area contributed by atoms with Crippen LogP contribution in [0, 0.1) is 10.1 Å². The molecule has 0 amide bonds. The van der Waals surface area contributed by atoms with Crippen LogP contribution in [0.25, 0.3) is 0 Å². The first-order chi connectivity index (χ1) is 9.20. The Morgan fingerprint density at radius 1 is 1.58 bits per heavy atom. The number of hydrogen-bond acceptors (Lipinski definition) is 5. The molecule has 0 aromatic heterocycles. The first kappa shape index (κ1) is 13.8. The highest BCUT2D eigenvalue weighted by atomic mass is 16.6. The summed E-state index contributed by atoms with van der Waals surface area (Å²) in [6, 6.07) is 4.79. The number of non-ortho nitro benzene ring substituents is 1. The third kappa shape index (κ3) is 3.65. The fourth-order valence-corrected chi connectivity index (χ4v) is 2.03.